The lowest BCUT2D eigenvalue weighted by Gasteiger charge is -2.06. The number of rotatable bonds is 3. The summed E-state index contributed by atoms with van der Waals surface area (Å²) in [6.07, 6.45) is 3.22. The van der Waals surface area contributed by atoms with Gasteiger partial charge in [0.25, 0.3) is 0 Å². The Balaban J connectivity index is 2.49. The number of nitrogens with two attached hydrogens (primary N) is 1. The molecule has 1 rings (SSSR count). The Morgan fingerprint density at radius 2 is 2.58 bits per heavy atom. The van der Waals surface area contributed by atoms with Crippen molar-refractivity contribution in [3.63, 3.8) is 0 Å². The fourth-order valence-electron chi connectivity index (χ4n) is 0.867. The van der Waals surface area contributed by atoms with Gasteiger partial charge in [-0.3, -0.25) is 4.79 Å². The Morgan fingerprint density at radius 1 is 1.83 bits per heavy atom. The topological polar surface area (TPSA) is 65.5 Å². The second-order valence-corrected chi connectivity index (χ2v) is 2.44. The van der Waals surface area contributed by atoms with Crippen LogP contribution in [0.3, 0.4) is 0 Å². The van der Waals surface area contributed by atoms with Gasteiger partial charge >= 0.3 is 5.97 Å². The maximum Gasteiger partial charge on any atom is 0.307 e. The molecule has 0 fully saturated rings. The van der Waals surface area contributed by atoms with Crippen LogP contribution in [0.15, 0.2) is 23.0 Å². The maximum atomic E-state index is 10.8. The second kappa shape index (κ2) is 3.92. The van der Waals surface area contributed by atoms with Crippen molar-refractivity contribution in [2.75, 3.05) is 7.11 Å². The molecule has 0 saturated carbocycles. The van der Waals surface area contributed by atoms with Crippen molar-refractivity contribution in [2.45, 2.75) is 12.5 Å². The molecule has 1 heterocycles. The van der Waals surface area contributed by atoms with Gasteiger partial charge in [-0.15, -0.1) is 0 Å². The molecule has 0 radical (unpaired) electrons. The molecule has 0 spiro atoms. The van der Waals surface area contributed by atoms with Gasteiger partial charge < -0.3 is 14.9 Å². The lowest BCUT2D eigenvalue weighted by Crippen LogP contribution is -2.15. The molecule has 0 bridgehead atoms. The molecular formula is C8H11NO3. The normalized spacial score (nSPS) is 12.5. The number of carbonyl (C=O) groups excluding carboxylic acids is 1. The van der Waals surface area contributed by atoms with Crippen LogP contribution in [0.25, 0.3) is 0 Å². The third-order valence-corrected chi connectivity index (χ3v) is 1.59. The van der Waals surface area contributed by atoms with Gasteiger partial charge in [0.2, 0.25) is 0 Å². The summed E-state index contributed by atoms with van der Waals surface area (Å²) in [5.41, 5.74) is 6.46. The van der Waals surface area contributed by atoms with Crippen molar-refractivity contribution in [3.05, 3.63) is 24.2 Å². The molecule has 4 nitrogen and oxygen atoms in total. The van der Waals surface area contributed by atoms with Crippen LogP contribution in [0, 0.1) is 0 Å². The lowest BCUT2D eigenvalue weighted by atomic mass is 10.1. The summed E-state index contributed by atoms with van der Waals surface area (Å²) in [4.78, 5) is 10.8. The van der Waals surface area contributed by atoms with Crippen molar-refractivity contribution in [1.82, 2.24) is 0 Å². The molecular weight excluding hydrogens is 158 g/mol. The maximum absolute atomic E-state index is 10.8. The van der Waals surface area contributed by atoms with Crippen molar-refractivity contribution in [1.29, 1.82) is 0 Å². The molecule has 0 unspecified atom stereocenters. The average Bonchev–Trinajstić information content (AvgIpc) is 2.56. The molecule has 12 heavy (non-hydrogen) atoms. The van der Waals surface area contributed by atoms with Gasteiger partial charge in [-0.1, -0.05) is 0 Å². The Morgan fingerprint density at radius 3 is 3.08 bits per heavy atom. The summed E-state index contributed by atoms with van der Waals surface area (Å²) in [6.45, 7) is 0. The van der Waals surface area contributed by atoms with E-state index in [0.717, 1.165) is 5.56 Å². The van der Waals surface area contributed by atoms with Gasteiger partial charge in [0.05, 0.1) is 26.1 Å². The lowest BCUT2D eigenvalue weighted by molar-refractivity contribution is -0.141. The number of carbonyl (C=O) groups is 1. The largest absolute Gasteiger partial charge is 0.472 e. The number of ether oxygens (including phenoxy) is 1. The summed E-state index contributed by atoms with van der Waals surface area (Å²) >= 11 is 0. The summed E-state index contributed by atoms with van der Waals surface area (Å²) in [5.74, 6) is -0.316. The summed E-state index contributed by atoms with van der Waals surface area (Å²) in [6, 6.07) is 1.39. The van der Waals surface area contributed by atoms with Crippen molar-refractivity contribution in [3.8, 4) is 0 Å². The van der Waals surface area contributed by atoms with Crippen LogP contribution in [-0.2, 0) is 9.53 Å². The van der Waals surface area contributed by atoms with Crippen LogP contribution < -0.4 is 5.73 Å². The molecule has 1 aromatic heterocycles. The van der Waals surface area contributed by atoms with Crippen molar-refractivity contribution >= 4 is 5.97 Å². The van der Waals surface area contributed by atoms with E-state index < -0.39 is 0 Å². The zero-order valence-electron chi connectivity index (χ0n) is 6.82. The van der Waals surface area contributed by atoms with Gasteiger partial charge in [0.15, 0.2) is 0 Å². The highest BCUT2D eigenvalue weighted by atomic mass is 16.5. The van der Waals surface area contributed by atoms with Gasteiger partial charge in [-0.25, -0.2) is 0 Å². The first-order valence-electron chi connectivity index (χ1n) is 3.58. The summed E-state index contributed by atoms with van der Waals surface area (Å²) in [5, 5.41) is 0. The molecule has 0 saturated heterocycles. The Bertz CT molecular complexity index is 243. The molecule has 2 N–H and O–H groups in total. The van der Waals surface area contributed by atoms with E-state index in [1.54, 1.807) is 6.07 Å². The first-order chi connectivity index (χ1) is 5.74. The van der Waals surface area contributed by atoms with Gasteiger partial charge in [0, 0.05) is 11.6 Å². The quantitative estimate of drug-likeness (QED) is 0.681. The van der Waals surface area contributed by atoms with Crippen molar-refractivity contribution in [2.24, 2.45) is 5.73 Å². The highest BCUT2D eigenvalue weighted by Crippen LogP contribution is 2.14. The average molecular weight is 169 g/mol. The highest BCUT2D eigenvalue weighted by Gasteiger charge is 2.12. The highest BCUT2D eigenvalue weighted by molar-refractivity contribution is 5.70. The molecule has 0 aliphatic heterocycles. The number of hydrogen-bond donors (Lipinski definition) is 1. The summed E-state index contributed by atoms with van der Waals surface area (Å²) in [7, 11) is 1.34. The SMILES string of the molecule is COC(=O)C[C@H](N)c1ccoc1. The van der Waals surface area contributed by atoms with Gasteiger partial charge in [0.1, 0.15) is 0 Å². The number of furan rings is 1. The van der Waals surface area contributed by atoms with E-state index >= 15 is 0 Å². The first kappa shape index (κ1) is 8.80. The molecule has 0 aliphatic rings. The minimum absolute atomic E-state index is 0.177. The Labute approximate surface area is 70.3 Å². The van der Waals surface area contributed by atoms with Crippen molar-refractivity contribution < 1.29 is 13.9 Å². The van der Waals surface area contributed by atoms with E-state index in [0.29, 0.717) is 0 Å². The van der Waals surface area contributed by atoms with Gasteiger partial charge in [-0.2, -0.15) is 0 Å². The van der Waals surface area contributed by atoms with Crippen LogP contribution in [0.4, 0.5) is 0 Å². The molecule has 1 atom stereocenters. The molecule has 66 valence electrons. The predicted octanol–water partition coefficient (Wildman–Crippen LogP) is 0.842. The second-order valence-electron chi connectivity index (χ2n) is 2.44. The minimum Gasteiger partial charge on any atom is -0.472 e. The third-order valence-electron chi connectivity index (χ3n) is 1.59. The molecule has 0 aromatic carbocycles. The number of methoxy groups -OCH3 is 1. The van der Waals surface area contributed by atoms with Crippen LogP contribution in [0.2, 0.25) is 0 Å². The Hall–Kier alpha value is -1.29. The summed E-state index contributed by atoms with van der Waals surface area (Å²) < 4.78 is 9.29. The molecule has 0 aliphatic carbocycles. The third kappa shape index (κ3) is 2.10. The van der Waals surface area contributed by atoms with E-state index in [9.17, 15) is 4.79 Å². The number of hydrogen-bond acceptors (Lipinski definition) is 4. The van der Waals surface area contributed by atoms with E-state index in [2.05, 4.69) is 4.74 Å². The monoisotopic (exact) mass is 169 g/mol. The fraction of sp³-hybridized carbons (Fsp3) is 0.375. The van der Waals surface area contributed by atoms with E-state index in [4.69, 9.17) is 10.2 Å². The van der Waals surface area contributed by atoms with E-state index in [1.807, 2.05) is 0 Å². The van der Waals surface area contributed by atoms with Gasteiger partial charge in [-0.05, 0) is 6.07 Å². The Kier molecular flexibility index (Phi) is 2.88. The fourth-order valence-corrected chi connectivity index (χ4v) is 0.867. The van der Waals surface area contributed by atoms with E-state index in [-0.39, 0.29) is 18.4 Å². The van der Waals surface area contributed by atoms with Crippen LogP contribution in [-0.4, -0.2) is 13.1 Å². The van der Waals surface area contributed by atoms with Crippen LogP contribution >= 0.6 is 0 Å². The van der Waals surface area contributed by atoms with Crippen LogP contribution in [0.5, 0.6) is 0 Å². The zero-order chi connectivity index (χ0) is 8.97. The van der Waals surface area contributed by atoms with E-state index in [1.165, 1.54) is 19.6 Å². The zero-order valence-corrected chi connectivity index (χ0v) is 6.82. The molecule has 4 heteroatoms. The predicted molar refractivity (Wildman–Crippen MR) is 42.3 cm³/mol. The van der Waals surface area contributed by atoms with Crippen LogP contribution in [0.1, 0.15) is 18.0 Å². The minimum atomic E-state index is -0.337. The smallest absolute Gasteiger partial charge is 0.307 e. The molecule has 1 aromatic rings. The first-order valence-corrected chi connectivity index (χ1v) is 3.58. The molecule has 0 amide bonds. The number of esters is 1. The standard InChI is InChI=1S/C8H11NO3/c1-11-8(10)4-7(9)6-2-3-12-5-6/h2-3,5,7H,4,9H2,1H3/t7-/m0/s1.